The zero-order valence-electron chi connectivity index (χ0n) is 6.60. The van der Waals surface area contributed by atoms with Crippen LogP contribution in [0.5, 0.6) is 0 Å². The van der Waals surface area contributed by atoms with Gasteiger partial charge in [0.25, 0.3) is 0 Å². The van der Waals surface area contributed by atoms with Gasteiger partial charge in [-0.05, 0) is 12.1 Å². The van der Waals surface area contributed by atoms with Crippen LogP contribution < -0.4 is 5.73 Å². The molecule has 0 bridgehead atoms. The molecule has 0 saturated heterocycles. The van der Waals surface area contributed by atoms with Crippen LogP contribution in [0.4, 0.5) is 13.2 Å². The maximum absolute atomic E-state index is 12.9. The number of benzene rings is 1. The van der Waals surface area contributed by atoms with E-state index in [1.807, 2.05) is 0 Å². The smallest absolute Gasteiger partial charge is 0.167 e. The second-order valence-corrected chi connectivity index (χ2v) is 2.51. The Hall–Kier alpha value is -1.07. The molecule has 0 aliphatic heterocycles. The first-order valence-electron chi connectivity index (χ1n) is 3.59. The van der Waals surface area contributed by atoms with E-state index in [4.69, 9.17) is 10.8 Å². The molecule has 0 fully saturated rings. The first-order valence-corrected chi connectivity index (χ1v) is 3.59. The Bertz CT molecular complexity index is 317. The van der Waals surface area contributed by atoms with Crippen molar-refractivity contribution < 1.29 is 18.3 Å². The van der Waals surface area contributed by atoms with Crippen LogP contribution >= 0.6 is 0 Å². The third-order valence-electron chi connectivity index (χ3n) is 1.64. The Labute approximate surface area is 72.8 Å². The van der Waals surface area contributed by atoms with Crippen molar-refractivity contribution in [3.05, 3.63) is 35.1 Å². The average Bonchev–Trinajstić information content (AvgIpc) is 2.12. The van der Waals surface area contributed by atoms with Crippen LogP contribution in [0.3, 0.4) is 0 Å². The van der Waals surface area contributed by atoms with E-state index in [1.54, 1.807) is 0 Å². The molecule has 0 aliphatic carbocycles. The Morgan fingerprint density at radius 2 is 1.77 bits per heavy atom. The quantitative estimate of drug-likeness (QED) is 0.687. The molecule has 0 saturated carbocycles. The van der Waals surface area contributed by atoms with Crippen LogP contribution in [0.2, 0.25) is 0 Å². The van der Waals surface area contributed by atoms with E-state index in [1.165, 1.54) is 0 Å². The maximum atomic E-state index is 12.9. The van der Waals surface area contributed by atoms with Crippen LogP contribution in [0.25, 0.3) is 0 Å². The lowest BCUT2D eigenvalue weighted by Crippen LogP contribution is -2.15. The minimum atomic E-state index is -1.52. The van der Waals surface area contributed by atoms with Crippen LogP contribution in [0.15, 0.2) is 12.1 Å². The molecule has 0 amide bonds. The number of nitrogens with two attached hydrogens (primary N) is 1. The predicted molar refractivity (Wildman–Crippen MR) is 40.3 cm³/mol. The molecule has 0 radical (unpaired) electrons. The summed E-state index contributed by atoms with van der Waals surface area (Å²) in [6, 6.07) is 1.39. The normalized spacial score (nSPS) is 13.0. The fraction of sp³-hybridized carbons (Fsp3) is 0.250. The zero-order valence-corrected chi connectivity index (χ0v) is 6.60. The topological polar surface area (TPSA) is 46.2 Å². The molecule has 0 heterocycles. The highest BCUT2D eigenvalue weighted by atomic mass is 19.2. The minimum absolute atomic E-state index is 0.364. The molecule has 3 N–H and O–H groups in total. The van der Waals surface area contributed by atoms with Gasteiger partial charge < -0.3 is 10.8 Å². The van der Waals surface area contributed by atoms with Crippen LogP contribution in [0, 0.1) is 17.5 Å². The summed E-state index contributed by atoms with van der Waals surface area (Å²) in [5.74, 6) is -3.60. The summed E-state index contributed by atoms with van der Waals surface area (Å²) in [6.07, 6.45) is -1.52. The van der Waals surface area contributed by atoms with Gasteiger partial charge in [-0.15, -0.1) is 0 Å². The maximum Gasteiger partial charge on any atom is 0.167 e. The van der Waals surface area contributed by atoms with Crippen molar-refractivity contribution in [1.29, 1.82) is 0 Å². The van der Waals surface area contributed by atoms with Crippen molar-refractivity contribution in [2.45, 2.75) is 6.10 Å². The number of rotatable bonds is 2. The van der Waals surface area contributed by atoms with Gasteiger partial charge >= 0.3 is 0 Å². The summed E-state index contributed by atoms with van der Waals surface area (Å²) in [5, 5.41) is 9.04. The zero-order chi connectivity index (χ0) is 10.0. The van der Waals surface area contributed by atoms with E-state index >= 15 is 0 Å². The molecule has 13 heavy (non-hydrogen) atoms. The number of aliphatic hydroxyl groups excluding tert-OH is 1. The Morgan fingerprint density at radius 3 is 2.31 bits per heavy atom. The Balaban J connectivity index is 3.25. The van der Waals surface area contributed by atoms with Crippen molar-refractivity contribution in [3.8, 4) is 0 Å². The molecule has 1 rings (SSSR count). The molecule has 5 heteroatoms. The lowest BCUT2D eigenvalue weighted by Gasteiger charge is -2.10. The number of aliphatic hydroxyl groups is 1. The van der Waals surface area contributed by atoms with E-state index in [-0.39, 0.29) is 6.54 Å². The SMILES string of the molecule is NC[C@@H](O)c1c(F)ccc(F)c1F. The lowest BCUT2D eigenvalue weighted by atomic mass is 10.1. The highest BCUT2D eigenvalue weighted by molar-refractivity contribution is 5.23. The summed E-state index contributed by atoms with van der Waals surface area (Å²) in [4.78, 5) is 0. The molecular weight excluding hydrogens is 183 g/mol. The van der Waals surface area contributed by atoms with E-state index in [0.717, 1.165) is 6.07 Å². The molecule has 1 atom stereocenters. The van der Waals surface area contributed by atoms with Gasteiger partial charge in [0.15, 0.2) is 11.6 Å². The lowest BCUT2D eigenvalue weighted by molar-refractivity contribution is 0.175. The van der Waals surface area contributed by atoms with Crippen molar-refractivity contribution in [3.63, 3.8) is 0 Å². The van der Waals surface area contributed by atoms with Gasteiger partial charge in [-0.1, -0.05) is 0 Å². The highest BCUT2D eigenvalue weighted by Crippen LogP contribution is 2.21. The summed E-state index contributed by atoms with van der Waals surface area (Å²) in [7, 11) is 0. The van der Waals surface area contributed by atoms with Gasteiger partial charge in [0.1, 0.15) is 5.82 Å². The fourth-order valence-corrected chi connectivity index (χ4v) is 0.966. The minimum Gasteiger partial charge on any atom is -0.387 e. The van der Waals surface area contributed by atoms with Gasteiger partial charge in [-0.25, -0.2) is 13.2 Å². The molecule has 2 nitrogen and oxygen atoms in total. The fourth-order valence-electron chi connectivity index (χ4n) is 0.966. The van der Waals surface area contributed by atoms with Gasteiger partial charge in [-0.2, -0.15) is 0 Å². The van der Waals surface area contributed by atoms with Crippen LogP contribution in [-0.2, 0) is 0 Å². The van der Waals surface area contributed by atoms with E-state index in [2.05, 4.69) is 0 Å². The van der Waals surface area contributed by atoms with Crippen LogP contribution in [-0.4, -0.2) is 11.7 Å². The molecule has 0 aliphatic rings. The number of hydrogen-bond acceptors (Lipinski definition) is 2. The van der Waals surface area contributed by atoms with E-state index < -0.39 is 29.1 Å². The number of halogens is 3. The molecular formula is C8H8F3NO. The molecule has 1 aromatic carbocycles. The van der Waals surface area contributed by atoms with Crippen molar-refractivity contribution in [2.75, 3.05) is 6.54 Å². The Kier molecular flexibility index (Phi) is 2.90. The molecule has 0 unspecified atom stereocenters. The first-order chi connectivity index (χ1) is 6.07. The summed E-state index contributed by atoms with van der Waals surface area (Å²) >= 11 is 0. The summed E-state index contributed by atoms with van der Waals surface area (Å²) in [5.41, 5.74) is 4.27. The first kappa shape index (κ1) is 10.0. The highest BCUT2D eigenvalue weighted by Gasteiger charge is 2.19. The summed E-state index contributed by atoms with van der Waals surface area (Å²) < 4.78 is 38.3. The third kappa shape index (κ3) is 1.81. The molecule has 72 valence electrons. The van der Waals surface area contributed by atoms with E-state index in [0.29, 0.717) is 6.07 Å². The van der Waals surface area contributed by atoms with Gasteiger partial charge in [0, 0.05) is 6.54 Å². The van der Waals surface area contributed by atoms with Gasteiger partial charge in [-0.3, -0.25) is 0 Å². The largest absolute Gasteiger partial charge is 0.387 e. The summed E-state index contributed by atoms with van der Waals surface area (Å²) in [6.45, 7) is -0.364. The predicted octanol–water partition coefficient (Wildman–Crippen LogP) is 1.10. The van der Waals surface area contributed by atoms with Crippen molar-refractivity contribution in [2.24, 2.45) is 5.73 Å². The second-order valence-electron chi connectivity index (χ2n) is 2.51. The average molecular weight is 191 g/mol. The van der Waals surface area contributed by atoms with Gasteiger partial charge in [0.2, 0.25) is 0 Å². The van der Waals surface area contributed by atoms with Crippen molar-refractivity contribution >= 4 is 0 Å². The monoisotopic (exact) mass is 191 g/mol. The van der Waals surface area contributed by atoms with Gasteiger partial charge in [0.05, 0.1) is 11.7 Å². The second kappa shape index (κ2) is 3.76. The molecule has 1 aromatic rings. The number of hydrogen-bond donors (Lipinski definition) is 2. The molecule has 0 aromatic heterocycles. The Morgan fingerprint density at radius 1 is 1.23 bits per heavy atom. The molecule has 0 spiro atoms. The van der Waals surface area contributed by atoms with Crippen LogP contribution in [0.1, 0.15) is 11.7 Å². The standard InChI is InChI=1S/C8H8F3NO/c9-4-1-2-5(10)8(11)7(4)6(13)3-12/h1-2,6,13H,3,12H2/t6-/m1/s1. The third-order valence-corrected chi connectivity index (χ3v) is 1.64. The van der Waals surface area contributed by atoms with E-state index in [9.17, 15) is 13.2 Å². The van der Waals surface area contributed by atoms with Crippen molar-refractivity contribution in [1.82, 2.24) is 0 Å².